The first kappa shape index (κ1) is 7.31. The lowest BCUT2D eigenvalue weighted by Gasteiger charge is -2.05. The molecule has 0 unspecified atom stereocenters. The molecule has 3 nitrogen and oxygen atoms in total. The van der Waals surface area contributed by atoms with Crippen molar-refractivity contribution in [1.82, 2.24) is 0 Å². The molecule has 2 rings (SSSR count). The molecule has 1 aliphatic rings. The molecule has 0 radical (unpaired) electrons. The number of fused-ring (bicyclic) bond motifs is 1. The lowest BCUT2D eigenvalue weighted by atomic mass is 10.1. The molecule has 0 amide bonds. The smallest absolute Gasteiger partial charge is 0.339 e. The van der Waals surface area contributed by atoms with E-state index in [0.717, 1.165) is 5.56 Å². The molecule has 0 bridgehead atoms. The monoisotopic (exact) mass is 163 g/mol. The van der Waals surface area contributed by atoms with Crippen LogP contribution >= 0.6 is 0 Å². The fraction of sp³-hybridized carbons (Fsp3) is 0.222. The van der Waals surface area contributed by atoms with Crippen LogP contribution in [0.1, 0.15) is 22.0 Å². The zero-order valence-corrected chi connectivity index (χ0v) is 6.49. The Morgan fingerprint density at radius 1 is 1.42 bits per heavy atom. The summed E-state index contributed by atoms with van der Waals surface area (Å²) >= 11 is 0. The van der Waals surface area contributed by atoms with E-state index in [2.05, 4.69) is 0 Å². The third kappa shape index (κ3) is 0.905. The summed E-state index contributed by atoms with van der Waals surface area (Å²) in [5.41, 5.74) is 6.99. The van der Waals surface area contributed by atoms with Crippen LogP contribution < -0.4 is 5.73 Å². The third-order valence-corrected chi connectivity index (χ3v) is 1.99. The van der Waals surface area contributed by atoms with Crippen molar-refractivity contribution in [3.8, 4) is 0 Å². The second-order valence-corrected chi connectivity index (χ2v) is 2.72. The Morgan fingerprint density at radius 3 is 2.92 bits per heavy atom. The first-order valence-corrected chi connectivity index (χ1v) is 3.83. The molecule has 1 aliphatic heterocycles. The fourth-order valence-corrected chi connectivity index (χ4v) is 1.39. The van der Waals surface area contributed by atoms with Gasteiger partial charge in [0.25, 0.3) is 0 Å². The summed E-state index contributed by atoms with van der Waals surface area (Å²) in [7, 11) is 0. The summed E-state index contributed by atoms with van der Waals surface area (Å²) in [4.78, 5) is 11.2. The van der Waals surface area contributed by atoms with Crippen molar-refractivity contribution in [2.75, 3.05) is 6.54 Å². The number of nitrogens with two attached hydrogens (primary N) is 1. The number of cyclic esters (lactones) is 1. The molecule has 12 heavy (non-hydrogen) atoms. The molecule has 1 atom stereocenters. The Kier molecular flexibility index (Phi) is 1.59. The van der Waals surface area contributed by atoms with Gasteiger partial charge in [-0.05, 0) is 6.07 Å². The molecule has 62 valence electrons. The van der Waals surface area contributed by atoms with Crippen molar-refractivity contribution >= 4 is 5.97 Å². The molecule has 0 saturated heterocycles. The average molecular weight is 163 g/mol. The van der Waals surface area contributed by atoms with E-state index in [-0.39, 0.29) is 12.1 Å². The lowest BCUT2D eigenvalue weighted by molar-refractivity contribution is 0.0403. The van der Waals surface area contributed by atoms with Crippen LogP contribution in [0.5, 0.6) is 0 Å². The molecule has 0 saturated carbocycles. The maximum absolute atomic E-state index is 11.2. The molecular formula is C9H9NO2. The summed E-state index contributed by atoms with van der Waals surface area (Å²) in [6.45, 7) is 0.350. The number of rotatable bonds is 1. The van der Waals surface area contributed by atoms with Crippen molar-refractivity contribution in [3.05, 3.63) is 35.4 Å². The summed E-state index contributed by atoms with van der Waals surface area (Å²) in [5, 5.41) is 0. The number of ether oxygens (including phenoxy) is 1. The third-order valence-electron chi connectivity index (χ3n) is 1.99. The van der Waals surface area contributed by atoms with Crippen LogP contribution in [-0.4, -0.2) is 12.5 Å². The zero-order chi connectivity index (χ0) is 8.55. The Labute approximate surface area is 70.1 Å². The van der Waals surface area contributed by atoms with Crippen LogP contribution in [0.2, 0.25) is 0 Å². The Bertz CT molecular complexity index is 322. The summed E-state index contributed by atoms with van der Waals surface area (Å²) in [5.74, 6) is -0.263. The van der Waals surface area contributed by atoms with Gasteiger partial charge in [0.2, 0.25) is 0 Å². The van der Waals surface area contributed by atoms with E-state index in [1.807, 2.05) is 18.2 Å². The van der Waals surface area contributed by atoms with E-state index in [9.17, 15) is 4.79 Å². The van der Waals surface area contributed by atoms with Crippen molar-refractivity contribution in [3.63, 3.8) is 0 Å². The normalized spacial score (nSPS) is 20.4. The molecule has 1 heterocycles. The molecule has 3 heteroatoms. The molecule has 0 aromatic heterocycles. The molecule has 1 aromatic carbocycles. The Balaban J connectivity index is 2.50. The number of hydrogen-bond donors (Lipinski definition) is 1. The molecule has 0 fully saturated rings. The minimum absolute atomic E-state index is 0.242. The van der Waals surface area contributed by atoms with Crippen molar-refractivity contribution in [2.45, 2.75) is 6.10 Å². The highest BCUT2D eigenvalue weighted by atomic mass is 16.5. The van der Waals surface area contributed by atoms with Crippen LogP contribution in [0.25, 0.3) is 0 Å². The average Bonchev–Trinajstić information content (AvgIpc) is 2.44. The first-order chi connectivity index (χ1) is 5.83. The molecule has 0 spiro atoms. The Hall–Kier alpha value is -1.35. The SMILES string of the molecule is NC[C@@H]1OC(=O)c2ccccc21. The molecule has 2 N–H and O–H groups in total. The standard InChI is InChI=1S/C9H9NO2/c10-5-8-6-3-1-2-4-7(6)9(11)12-8/h1-4,8H,5,10H2/t8-/m0/s1. The van der Waals surface area contributed by atoms with Gasteiger partial charge in [0, 0.05) is 12.1 Å². The highest BCUT2D eigenvalue weighted by Crippen LogP contribution is 2.28. The van der Waals surface area contributed by atoms with Gasteiger partial charge < -0.3 is 10.5 Å². The maximum atomic E-state index is 11.2. The minimum atomic E-state index is -0.263. The first-order valence-electron chi connectivity index (χ1n) is 3.83. The van der Waals surface area contributed by atoms with E-state index < -0.39 is 0 Å². The molecule has 1 aromatic rings. The second kappa shape index (κ2) is 2.60. The van der Waals surface area contributed by atoms with Gasteiger partial charge >= 0.3 is 5.97 Å². The van der Waals surface area contributed by atoms with Gasteiger partial charge in [-0.1, -0.05) is 18.2 Å². The van der Waals surface area contributed by atoms with Crippen molar-refractivity contribution in [2.24, 2.45) is 5.73 Å². The van der Waals surface area contributed by atoms with E-state index in [1.165, 1.54) is 0 Å². The summed E-state index contributed by atoms with van der Waals surface area (Å²) in [6, 6.07) is 7.33. The fourth-order valence-electron chi connectivity index (χ4n) is 1.39. The van der Waals surface area contributed by atoms with E-state index >= 15 is 0 Å². The van der Waals surface area contributed by atoms with E-state index in [1.54, 1.807) is 6.07 Å². The highest BCUT2D eigenvalue weighted by molar-refractivity contribution is 5.93. The lowest BCUT2D eigenvalue weighted by Crippen LogP contribution is -2.11. The topological polar surface area (TPSA) is 52.3 Å². The van der Waals surface area contributed by atoms with E-state index in [4.69, 9.17) is 10.5 Å². The number of carbonyl (C=O) groups excluding carboxylic acids is 1. The zero-order valence-electron chi connectivity index (χ0n) is 6.49. The number of benzene rings is 1. The number of carbonyl (C=O) groups is 1. The second-order valence-electron chi connectivity index (χ2n) is 2.72. The molecular weight excluding hydrogens is 154 g/mol. The van der Waals surface area contributed by atoms with Gasteiger partial charge in [-0.3, -0.25) is 0 Å². The van der Waals surface area contributed by atoms with Crippen LogP contribution in [0, 0.1) is 0 Å². The van der Waals surface area contributed by atoms with Gasteiger partial charge in [-0.25, -0.2) is 4.79 Å². The summed E-state index contributed by atoms with van der Waals surface area (Å²) < 4.78 is 5.02. The van der Waals surface area contributed by atoms with Crippen LogP contribution in [0.4, 0.5) is 0 Å². The van der Waals surface area contributed by atoms with Crippen LogP contribution in [-0.2, 0) is 4.74 Å². The van der Waals surface area contributed by atoms with E-state index in [0.29, 0.717) is 12.1 Å². The van der Waals surface area contributed by atoms with Gasteiger partial charge in [0.05, 0.1) is 5.56 Å². The quantitative estimate of drug-likeness (QED) is 0.624. The Morgan fingerprint density at radius 2 is 2.17 bits per heavy atom. The van der Waals surface area contributed by atoms with Gasteiger partial charge in [0.1, 0.15) is 6.10 Å². The minimum Gasteiger partial charge on any atom is -0.452 e. The van der Waals surface area contributed by atoms with Gasteiger partial charge in [0.15, 0.2) is 0 Å². The van der Waals surface area contributed by atoms with Gasteiger partial charge in [-0.15, -0.1) is 0 Å². The number of esters is 1. The highest BCUT2D eigenvalue weighted by Gasteiger charge is 2.28. The van der Waals surface area contributed by atoms with Crippen molar-refractivity contribution < 1.29 is 9.53 Å². The molecule has 0 aliphatic carbocycles. The largest absolute Gasteiger partial charge is 0.452 e. The predicted molar refractivity (Wildman–Crippen MR) is 43.7 cm³/mol. The van der Waals surface area contributed by atoms with Crippen LogP contribution in [0.3, 0.4) is 0 Å². The maximum Gasteiger partial charge on any atom is 0.339 e. The van der Waals surface area contributed by atoms with Crippen molar-refractivity contribution in [1.29, 1.82) is 0 Å². The number of hydrogen-bond acceptors (Lipinski definition) is 3. The van der Waals surface area contributed by atoms with Gasteiger partial charge in [-0.2, -0.15) is 0 Å². The summed E-state index contributed by atoms with van der Waals surface area (Å²) in [6.07, 6.45) is -0.242. The predicted octanol–water partition coefficient (Wildman–Crippen LogP) is 0.857. The van der Waals surface area contributed by atoms with Crippen LogP contribution in [0.15, 0.2) is 24.3 Å².